The molecule has 0 bridgehead atoms. The maximum atomic E-state index is 11.9. The lowest BCUT2D eigenvalue weighted by atomic mass is 10.00. The van der Waals surface area contributed by atoms with Crippen molar-refractivity contribution in [2.45, 2.75) is 38.3 Å². The fraction of sp³-hybridized carbons (Fsp3) is 0.467. The summed E-state index contributed by atoms with van der Waals surface area (Å²) in [6.07, 6.45) is 3.64. The number of nitrogens with two attached hydrogens (primary N) is 2. The highest BCUT2D eigenvalue weighted by Gasteiger charge is 2.25. The molecule has 0 aliphatic heterocycles. The van der Waals surface area contributed by atoms with Gasteiger partial charge in [-0.3, -0.25) is 9.59 Å². The molecule has 0 radical (unpaired) electrons. The van der Waals surface area contributed by atoms with E-state index in [-0.39, 0.29) is 11.9 Å². The predicted octanol–water partition coefficient (Wildman–Crippen LogP) is 0.919. The van der Waals surface area contributed by atoms with Gasteiger partial charge >= 0.3 is 0 Å². The third kappa shape index (κ3) is 3.81. The summed E-state index contributed by atoms with van der Waals surface area (Å²) >= 11 is 0. The summed E-state index contributed by atoms with van der Waals surface area (Å²) in [6, 6.07) is 7.12. The molecule has 5 heteroatoms. The Hall–Kier alpha value is -1.88. The van der Waals surface area contributed by atoms with Crippen molar-refractivity contribution in [3.05, 3.63) is 35.4 Å². The fourth-order valence-electron chi connectivity index (χ4n) is 2.66. The molecule has 20 heavy (non-hydrogen) atoms. The van der Waals surface area contributed by atoms with Crippen LogP contribution in [0.2, 0.25) is 0 Å². The van der Waals surface area contributed by atoms with Crippen molar-refractivity contribution >= 4 is 11.8 Å². The molecule has 0 heterocycles. The van der Waals surface area contributed by atoms with E-state index in [4.69, 9.17) is 11.5 Å². The van der Waals surface area contributed by atoms with Crippen LogP contribution < -0.4 is 16.8 Å². The number of rotatable bonds is 5. The van der Waals surface area contributed by atoms with Crippen LogP contribution in [-0.2, 0) is 11.3 Å². The van der Waals surface area contributed by atoms with Crippen molar-refractivity contribution < 1.29 is 9.59 Å². The lowest BCUT2D eigenvalue weighted by Gasteiger charge is -2.14. The van der Waals surface area contributed by atoms with E-state index < -0.39 is 5.91 Å². The number of hydrogen-bond acceptors (Lipinski definition) is 3. The van der Waals surface area contributed by atoms with Gasteiger partial charge in [-0.2, -0.15) is 0 Å². The molecule has 0 saturated heterocycles. The largest absolute Gasteiger partial charge is 0.366 e. The van der Waals surface area contributed by atoms with Crippen molar-refractivity contribution in [1.29, 1.82) is 0 Å². The van der Waals surface area contributed by atoms with Crippen LogP contribution in [0.5, 0.6) is 0 Å². The minimum atomic E-state index is -0.463. The highest BCUT2D eigenvalue weighted by Crippen LogP contribution is 2.26. The minimum absolute atomic E-state index is 0.0110. The number of primary amides is 1. The first kappa shape index (κ1) is 14.5. The van der Waals surface area contributed by atoms with Gasteiger partial charge in [0.15, 0.2) is 0 Å². The monoisotopic (exact) mass is 275 g/mol. The van der Waals surface area contributed by atoms with Gasteiger partial charge in [-0.1, -0.05) is 18.6 Å². The average molecular weight is 275 g/mol. The zero-order chi connectivity index (χ0) is 14.5. The predicted molar refractivity (Wildman–Crippen MR) is 76.7 cm³/mol. The SMILES string of the molecule is NC(=O)c1cccc(CNC(=O)C[C@@H]2CCC[C@H]2N)c1. The summed E-state index contributed by atoms with van der Waals surface area (Å²) in [7, 11) is 0. The molecule has 1 aromatic rings. The number of benzene rings is 1. The summed E-state index contributed by atoms with van der Waals surface area (Å²) in [5, 5.41) is 2.87. The number of hydrogen-bond donors (Lipinski definition) is 3. The normalized spacial score (nSPS) is 21.6. The Balaban J connectivity index is 1.84. The van der Waals surface area contributed by atoms with Gasteiger partial charge in [-0.15, -0.1) is 0 Å². The second kappa shape index (κ2) is 6.52. The van der Waals surface area contributed by atoms with Gasteiger partial charge in [0.05, 0.1) is 0 Å². The van der Waals surface area contributed by atoms with Gasteiger partial charge < -0.3 is 16.8 Å². The summed E-state index contributed by atoms with van der Waals surface area (Å²) in [6.45, 7) is 0.405. The highest BCUT2D eigenvalue weighted by molar-refractivity contribution is 5.92. The Bertz CT molecular complexity index is 502. The van der Waals surface area contributed by atoms with E-state index >= 15 is 0 Å². The van der Waals surface area contributed by atoms with E-state index in [9.17, 15) is 9.59 Å². The summed E-state index contributed by atoms with van der Waals surface area (Å²) in [4.78, 5) is 23.0. The van der Waals surface area contributed by atoms with Gasteiger partial charge in [-0.25, -0.2) is 0 Å². The van der Waals surface area contributed by atoms with Crippen molar-refractivity contribution in [2.24, 2.45) is 17.4 Å². The van der Waals surface area contributed by atoms with Crippen molar-refractivity contribution in [2.75, 3.05) is 0 Å². The molecule has 108 valence electrons. The van der Waals surface area contributed by atoms with Crippen LogP contribution >= 0.6 is 0 Å². The maximum Gasteiger partial charge on any atom is 0.248 e. The van der Waals surface area contributed by atoms with E-state index in [1.165, 1.54) is 0 Å². The standard InChI is InChI=1S/C15H21N3O2/c16-13-6-2-4-11(13)8-14(19)18-9-10-3-1-5-12(7-10)15(17)20/h1,3,5,7,11,13H,2,4,6,8-9,16H2,(H2,17,20)(H,18,19)/t11-,13+/m0/s1. The van der Waals surface area contributed by atoms with Crippen molar-refractivity contribution in [3.8, 4) is 0 Å². The zero-order valence-corrected chi connectivity index (χ0v) is 11.5. The Morgan fingerprint density at radius 3 is 2.75 bits per heavy atom. The Labute approximate surface area is 118 Å². The van der Waals surface area contributed by atoms with Crippen LogP contribution in [0, 0.1) is 5.92 Å². The third-order valence-corrected chi connectivity index (χ3v) is 3.87. The number of carbonyl (C=O) groups is 2. The van der Waals surface area contributed by atoms with Crippen LogP contribution in [0.3, 0.4) is 0 Å². The zero-order valence-electron chi connectivity index (χ0n) is 11.5. The van der Waals surface area contributed by atoms with E-state index in [2.05, 4.69) is 5.32 Å². The second-order valence-corrected chi connectivity index (χ2v) is 5.40. The van der Waals surface area contributed by atoms with Crippen LogP contribution in [0.4, 0.5) is 0 Å². The Kier molecular flexibility index (Phi) is 4.74. The molecular weight excluding hydrogens is 254 g/mol. The lowest BCUT2D eigenvalue weighted by Crippen LogP contribution is -2.31. The first-order valence-corrected chi connectivity index (χ1v) is 6.97. The number of carbonyl (C=O) groups excluding carboxylic acids is 2. The van der Waals surface area contributed by atoms with Gasteiger partial charge in [0, 0.05) is 24.6 Å². The molecule has 2 amide bonds. The van der Waals surface area contributed by atoms with E-state index in [1.54, 1.807) is 18.2 Å². The van der Waals surface area contributed by atoms with Crippen LogP contribution in [-0.4, -0.2) is 17.9 Å². The lowest BCUT2D eigenvalue weighted by molar-refractivity contribution is -0.122. The van der Waals surface area contributed by atoms with Gasteiger partial charge in [0.25, 0.3) is 0 Å². The highest BCUT2D eigenvalue weighted by atomic mass is 16.1. The van der Waals surface area contributed by atoms with E-state index in [0.29, 0.717) is 24.4 Å². The molecule has 1 fully saturated rings. The molecule has 1 saturated carbocycles. The third-order valence-electron chi connectivity index (χ3n) is 3.87. The Morgan fingerprint density at radius 2 is 2.10 bits per heavy atom. The molecular formula is C15H21N3O2. The van der Waals surface area contributed by atoms with E-state index in [0.717, 1.165) is 24.8 Å². The molecule has 2 atom stereocenters. The summed E-state index contributed by atoms with van der Waals surface area (Å²) < 4.78 is 0. The molecule has 1 aliphatic carbocycles. The number of nitrogens with one attached hydrogen (secondary N) is 1. The van der Waals surface area contributed by atoms with Crippen LogP contribution in [0.15, 0.2) is 24.3 Å². The summed E-state index contributed by atoms with van der Waals surface area (Å²) in [5.41, 5.74) is 12.5. The Morgan fingerprint density at radius 1 is 1.30 bits per heavy atom. The summed E-state index contributed by atoms with van der Waals surface area (Å²) in [5.74, 6) is -0.154. The minimum Gasteiger partial charge on any atom is -0.366 e. The molecule has 2 rings (SSSR count). The average Bonchev–Trinajstić information content (AvgIpc) is 2.82. The molecule has 5 nitrogen and oxygen atoms in total. The fourth-order valence-corrected chi connectivity index (χ4v) is 2.66. The smallest absolute Gasteiger partial charge is 0.248 e. The first-order chi connectivity index (χ1) is 9.56. The van der Waals surface area contributed by atoms with Gasteiger partial charge in [0.2, 0.25) is 11.8 Å². The molecule has 0 unspecified atom stereocenters. The molecule has 1 aromatic carbocycles. The maximum absolute atomic E-state index is 11.9. The molecule has 5 N–H and O–H groups in total. The van der Waals surface area contributed by atoms with E-state index in [1.807, 2.05) is 6.07 Å². The van der Waals surface area contributed by atoms with Crippen molar-refractivity contribution in [1.82, 2.24) is 5.32 Å². The van der Waals surface area contributed by atoms with Crippen LogP contribution in [0.1, 0.15) is 41.6 Å². The van der Waals surface area contributed by atoms with Crippen molar-refractivity contribution in [3.63, 3.8) is 0 Å². The topological polar surface area (TPSA) is 98.2 Å². The van der Waals surface area contributed by atoms with Gasteiger partial charge in [-0.05, 0) is 36.5 Å². The number of amides is 2. The van der Waals surface area contributed by atoms with Crippen LogP contribution in [0.25, 0.3) is 0 Å². The first-order valence-electron chi connectivity index (χ1n) is 6.97. The van der Waals surface area contributed by atoms with Gasteiger partial charge in [0.1, 0.15) is 0 Å². The molecule has 0 spiro atoms. The second-order valence-electron chi connectivity index (χ2n) is 5.40. The molecule has 1 aliphatic rings. The molecule has 0 aromatic heterocycles. The quantitative estimate of drug-likeness (QED) is 0.745.